The Morgan fingerprint density at radius 1 is 1.32 bits per heavy atom. The van der Waals surface area contributed by atoms with Gasteiger partial charge in [-0.2, -0.15) is 0 Å². The molecule has 25 heavy (non-hydrogen) atoms. The summed E-state index contributed by atoms with van der Waals surface area (Å²) in [6.45, 7) is 5.35. The van der Waals surface area contributed by atoms with Gasteiger partial charge < -0.3 is 19.6 Å². The van der Waals surface area contributed by atoms with Gasteiger partial charge in [0.15, 0.2) is 5.82 Å². The minimum absolute atomic E-state index is 0.0900. The fourth-order valence-electron chi connectivity index (χ4n) is 2.64. The van der Waals surface area contributed by atoms with Gasteiger partial charge >= 0.3 is 6.09 Å². The highest BCUT2D eigenvalue weighted by atomic mass is 19.1. The van der Waals surface area contributed by atoms with Crippen molar-refractivity contribution in [1.29, 1.82) is 0 Å². The quantitative estimate of drug-likeness (QED) is 0.841. The number of nitroso groups, excluding NO2 is 1. The number of hydrogen-bond donors (Lipinski definition) is 1. The predicted molar refractivity (Wildman–Crippen MR) is 87.8 cm³/mol. The van der Waals surface area contributed by atoms with E-state index in [4.69, 9.17) is 4.74 Å². The van der Waals surface area contributed by atoms with E-state index in [1.807, 2.05) is 0 Å². The maximum atomic E-state index is 14.2. The van der Waals surface area contributed by atoms with E-state index in [2.05, 4.69) is 5.18 Å². The minimum Gasteiger partial charge on any atom is -0.444 e. The van der Waals surface area contributed by atoms with Crippen molar-refractivity contribution in [3.63, 3.8) is 0 Å². The number of aliphatic hydroxyl groups excluding tert-OH is 1. The van der Waals surface area contributed by atoms with Crippen molar-refractivity contribution >= 4 is 17.5 Å². The average Bonchev–Trinajstić information content (AvgIpc) is 2.54. The van der Waals surface area contributed by atoms with Gasteiger partial charge in [-0.15, -0.1) is 4.91 Å². The maximum absolute atomic E-state index is 14.2. The van der Waals surface area contributed by atoms with Crippen LogP contribution in [0.2, 0.25) is 0 Å². The van der Waals surface area contributed by atoms with Crippen molar-refractivity contribution in [1.82, 2.24) is 4.90 Å². The molecule has 138 valence electrons. The highest BCUT2D eigenvalue weighted by Gasteiger charge is 2.33. The number of piperazine rings is 1. The first kappa shape index (κ1) is 19.0. The lowest BCUT2D eigenvalue weighted by atomic mass is 10.1. The summed E-state index contributed by atoms with van der Waals surface area (Å²) in [5, 5.41) is 12.0. The molecular formula is C16H21F2N3O4. The summed E-state index contributed by atoms with van der Waals surface area (Å²) in [4.78, 5) is 25.5. The van der Waals surface area contributed by atoms with E-state index in [0.29, 0.717) is 6.07 Å². The molecule has 0 aromatic heterocycles. The highest BCUT2D eigenvalue weighted by molar-refractivity contribution is 5.69. The number of rotatable bonds is 3. The molecule has 1 amide bonds. The SMILES string of the molecule is CC(C)(C)OC(=O)N1CCN(c2cc(F)c(N=O)cc2F)C(CO)C1. The third-order valence-electron chi connectivity index (χ3n) is 3.77. The molecule has 1 atom stereocenters. The lowest BCUT2D eigenvalue weighted by molar-refractivity contribution is 0.0197. The number of amides is 1. The smallest absolute Gasteiger partial charge is 0.410 e. The Labute approximate surface area is 144 Å². The maximum Gasteiger partial charge on any atom is 0.410 e. The molecule has 1 aromatic carbocycles. The van der Waals surface area contributed by atoms with Crippen LogP contribution < -0.4 is 4.90 Å². The summed E-state index contributed by atoms with van der Waals surface area (Å²) in [7, 11) is 0. The van der Waals surface area contributed by atoms with Crippen molar-refractivity contribution in [3.05, 3.63) is 28.7 Å². The molecule has 1 aliphatic heterocycles. The Morgan fingerprint density at radius 2 is 2.00 bits per heavy atom. The largest absolute Gasteiger partial charge is 0.444 e. The third-order valence-corrected chi connectivity index (χ3v) is 3.77. The van der Waals surface area contributed by atoms with Gasteiger partial charge in [-0.25, -0.2) is 13.6 Å². The van der Waals surface area contributed by atoms with E-state index >= 15 is 0 Å². The second-order valence-electron chi connectivity index (χ2n) is 6.80. The van der Waals surface area contributed by atoms with Gasteiger partial charge in [0.1, 0.15) is 17.1 Å². The molecule has 0 spiro atoms. The van der Waals surface area contributed by atoms with E-state index < -0.39 is 35.1 Å². The van der Waals surface area contributed by atoms with E-state index in [1.54, 1.807) is 20.8 Å². The number of halogens is 2. The molecule has 0 aliphatic carbocycles. The molecule has 1 fully saturated rings. The number of hydrogen-bond acceptors (Lipinski definition) is 6. The monoisotopic (exact) mass is 357 g/mol. The molecule has 1 saturated heterocycles. The zero-order valence-corrected chi connectivity index (χ0v) is 14.3. The molecule has 9 heteroatoms. The molecular weight excluding hydrogens is 336 g/mol. The van der Waals surface area contributed by atoms with Crippen molar-refractivity contribution in [2.75, 3.05) is 31.1 Å². The summed E-state index contributed by atoms with van der Waals surface area (Å²) >= 11 is 0. The molecule has 0 bridgehead atoms. The Morgan fingerprint density at radius 3 is 2.56 bits per heavy atom. The number of ether oxygens (including phenoxy) is 1. The van der Waals surface area contributed by atoms with Crippen molar-refractivity contribution in [2.24, 2.45) is 5.18 Å². The molecule has 0 radical (unpaired) electrons. The zero-order valence-electron chi connectivity index (χ0n) is 14.3. The molecule has 1 N–H and O–H groups in total. The second kappa shape index (κ2) is 7.30. The van der Waals surface area contributed by atoms with Crippen molar-refractivity contribution < 1.29 is 23.4 Å². The van der Waals surface area contributed by atoms with Gasteiger partial charge in [-0.3, -0.25) is 0 Å². The fraction of sp³-hybridized carbons (Fsp3) is 0.562. The van der Waals surface area contributed by atoms with Crippen LogP contribution in [-0.2, 0) is 4.74 Å². The first-order valence-corrected chi connectivity index (χ1v) is 7.84. The molecule has 1 aliphatic rings. The van der Waals surface area contributed by atoms with E-state index in [-0.39, 0.29) is 31.9 Å². The summed E-state index contributed by atoms with van der Waals surface area (Å²) in [5.74, 6) is -1.77. The number of benzene rings is 1. The van der Waals surface area contributed by atoms with E-state index in [9.17, 15) is 23.6 Å². The van der Waals surface area contributed by atoms with Gasteiger partial charge in [0, 0.05) is 31.8 Å². The molecule has 1 heterocycles. The van der Waals surface area contributed by atoms with Crippen LogP contribution in [0.4, 0.5) is 25.0 Å². The number of carbonyl (C=O) groups excluding carboxylic acids is 1. The summed E-state index contributed by atoms with van der Waals surface area (Å²) in [6, 6.07) is 0.953. The Kier molecular flexibility index (Phi) is 5.56. The lowest BCUT2D eigenvalue weighted by Gasteiger charge is -2.42. The van der Waals surface area contributed by atoms with Crippen LogP contribution in [0, 0.1) is 16.5 Å². The lowest BCUT2D eigenvalue weighted by Crippen LogP contribution is -2.57. The summed E-state index contributed by atoms with van der Waals surface area (Å²) in [5.41, 5.74) is -1.36. The Bertz CT molecular complexity index is 664. The van der Waals surface area contributed by atoms with Crippen LogP contribution in [0.15, 0.2) is 17.3 Å². The first-order chi connectivity index (χ1) is 11.7. The highest BCUT2D eigenvalue weighted by Crippen LogP contribution is 2.30. The zero-order chi connectivity index (χ0) is 18.8. The van der Waals surface area contributed by atoms with Crippen LogP contribution in [0.3, 0.4) is 0 Å². The van der Waals surface area contributed by atoms with Gasteiger partial charge in [0.25, 0.3) is 0 Å². The third kappa shape index (κ3) is 4.41. The van der Waals surface area contributed by atoms with E-state index in [0.717, 1.165) is 6.07 Å². The molecule has 2 rings (SSSR count). The number of carbonyl (C=O) groups is 1. The minimum atomic E-state index is -0.947. The normalized spacial score (nSPS) is 18.2. The van der Waals surface area contributed by atoms with Crippen LogP contribution in [-0.4, -0.2) is 54.0 Å². The van der Waals surface area contributed by atoms with Crippen molar-refractivity contribution in [3.8, 4) is 0 Å². The second-order valence-corrected chi connectivity index (χ2v) is 6.80. The van der Waals surface area contributed by atoms with Gasteiger partial charge in [0.05, 0.1) is 18.3 Å². The van der Waals surface area contributed by atoms with Crippen molar-refractivity contribution in [2.45, 2.75) is 32.4 Å². The molecule has 1 unspecified atom stereocenters. The van der Waals surface area contributed by atoms with Gasteiger partial charge in [-0.05, 0) is 25.9 Å². The predicted octanol–water partition coefficient (Wildman–Crippen LogP) is 2.78. The topological polar surface area (TPSA) is 82.4 Å². The number of anilines is 1. The number of aliphatic hydroxyl groups is 1. The van der Waals surface area contributed by atoms with Crippen LogP contribution >= 0.6 is 0 Å². The van der Waals surface area contributed by atoms with Crippen LogP contribution in [0.1, 0.15) is 20.8 Å². The molecule has 7 nitrogen and oxygen atoms in total. The number of nitrogens with zero attached hydrogens (tertiary/aromatic N) is 3. The van der Waals surface area contributed by atoms with Crippen LogP contribution in [0.5, 0.6) is 0 Å². The Balaban J connectivity index is 2.19. The summed E-state index contributed by atoms with van der Waals surface area (Å²) < 4.78 is 33.3. The standard InChI is InChI=1S/C16H21F2N3O4/c1-16(2,3)25-15(23)20-4-5-21(10(8-20)9-22)14-7-11(17)13(19-24)6-12(14)18/h6-7,10,22H,4-5,8-9H2,1-3H3. The average molecular weight is 357 g/mol. The Hall–Kier alpha value is -2.29. The van der Waals surface area contributed by atoms with Gasteiger partial charge in [-0.1, -0.05) is 0 Å². The molecule has 1 aromatic rings. The molecule has 0 saturated carbocycles. The van der Waals surface area contributed by atoms with Crippen LogP contribution in [0.25, 0.3) is 0 Å². The van der Waals surface area contributed by atoms with Gasteiger partial charge in [0.2, 0.25) is 0 Å². The first-order valence-electron chi connectivity index (χ1n) is 7.84. The fourth-order valence-corrected chi connectivity index (χ4v) is 2.64. The van der Waals surface area contributed by atoms with E-state index in [1.165, 1.54) is 9.80 Å². The summed E-state index contributed by atoms with van der Waals surface area (Å²) in [6.07, 6.45) is -0.530.